The van der Waals surface area contributed by atoms with Gasteiger partial charge in [-0.3, -0.25) is 0 Å². The van der Waals surface area contributed by atoms with E-state index in [1.165, 1.54) is 5.57 Å². The third kappa shape index (κ3) is 3.50. The standard InChI is InChI=1S/C15H19ClO/c1-15(2)9-12(7-13(16)10-15)6-11-4-3-5-14(17)8-11/h3-5,7-8,13,17H,6,9-10H2,1-2H3. The second-order valence-corrected chi connectivity index (χ2v) is 6.29. The van der Waals surface area contributed by atoms with E-state index in [1.54, 1.807) is 6.07 Å². The van der Waals surface area contributed by atoms with Crippen molar-refractivity contribution >= 4 is 11.6 Å². The van der Waals surface area contributed by atoms with Gasteiger partial charge in [-0.1, -0.05) is 37.6 Å². The first-order chi connectivity index (χ1) is 7.94. The van der Waals surface area contributed by atoms with Crippen LogP contribution >= 0.6 is 11.6 Å². The van der Waals surface area contributed by atoms with E-state index < -0.39 is 0 Å². The van der Waals surface area contributed by atoms with Crippen LogP contribution in [0.4, 0.5) is 0 Å². The van der Waals surface area contributed by atoms with Crippen LogP contribution in [0.15, 0.2) is 35.9 Å². The molecule has 2 heteroatoms. The van der Waals surface area contributed by atoms with Crippen molar-refractivity contribution in [1.82, 2.24) is 0 Å². The normalized spacial score (nSPS) is 23.2. The van der Waals surface area contributed by atoms with Crippen LogP contribution in [-0.2, 0) is 6.42 Å². The van der Waals surface area contributed by atoms with E-state index in [2.05, 4.69) is 19.9 Å². The SMILES string of the molecule is CC1(C)CC(Cc2cccc(O)c2)=CC(Cl)C1. The van der Waals surface area contributed by atoms with E-state index in [-0.39, 0.29) is 10.8 Å². The molecule has 1 N–H and O–H groups in total. The maximum Gasteiger partial charge on any atom is 0.115 e. The van der Waals surface area contributed by atoms with Crippen LogP contribution in [0.25, 0.3) is 0 Å². The first kappa shape index (κ1) is 12.5. The summed E-state index contributed by atoms with van der Waals surface area (Å²) in [4.78, 5) is 0. The summed E-state index contributed by atoms with van der Waals surface area (Å²) in [5.41, 5.74) is 2.82. The molecule has 0 radical (unpaired) electrons. The van der Waals surface area contributed by atoms with Gasteiger partial charge in [0.25, 0.3) is 0 Å². The van der Waals surface area contributed by atoms with Gasteiger partial charge in [0, 0.05) is 0 Å². The molecule has 1 unspecified atom stereocenters. The Labute approximate surface area is 108 Å². The quantitative estimate of drug-likeness (QED) is 0.613. The zero-order valence-corrected chi connectivity index (χ0v) is 11.2. The van der Waals surface area contributed by atoms with Gasteiger partial charge in [-0.05, 0) is 42.4 Å². The molecule has 1 atom stereocenters. The third-order valence-corrected chi connectivity index (χ3v) is 3.49. The van der Waals surface area contributed by atoms with Crippen LogP contribution in [0.5, 0.6) is 5.75 Å². The molecule has 0 saturated heterocycles. The van der Waals surface area contributed by atoms with E-state index in [1.807, 2.05) is 18.2 Å². The maximum absolute atomic E-state index is 9.45. The van der Waals surface area contributed by atoms with Gasteiger partial charge in [-0.15, -0.1) is 11.6 Å². The summed E-state index contributed by atoms with van der Waals surface area (Å²) in [5, 5.41) is 9.60. The minimum Gasteiger partial charge on any atom is -0.508 e. The summed E-state index contributed by atoms with van der Waals surface area (Å²) in [7, 11) is 0. The third-order valence-electron chi connectivity index (χ3n) is 3.21. The van der Waals surface area contributed by atoms with E-state index in [0.29, 0.717) is 5.75 Å². The zero-order chi connectivity index (χ0) is 12.5. The van der Waals surface area contributed by atoms with Crippen molar-refractivity contribution in [3.63, 3.8) is 0 Å². The summed E-state index contributed by atoms with van der Waals surface area (Å²) in [5.74, 6) is 0.334. The number of rotatable bonds is 2. The summed E-state index contributed by atoms with van der Waals surface area (Å²) in [6.07, 6.45) is 5.20. The first-order valence-corrected chi connectivity index (χ1v) is 6.50. The Hall–Kier alpha value is -0.950. The molecular weight excluding hydrogens is 232 g/mol. The van der Waals surface area contributed by atoms with Crippen LogP contribution in [0.2, 0.25) is 0 Å². The molecule has 1 aliphatic carbocycles. The van der Waals surface area contributed by atoms with Gasteiger partial charge in [0.1, 0.15) is 5.75 Å². The topological polar surface area (TPSA) is 20.2 Å². The Morgan fingerprint density at radius 1 is 1.41 bits per heavy atom. The number of aromatic hydroxyl groups is 1. The number of hydrogen-bond acceptors (Lipinski definition) is 1. The summed E-state index contributed by atoms with van der Waals surface area (Å²) in [6.45, 7) is 4.52. The smallest absolute Gasteiger partial charge is 0.115 e. The maximum atomic E-state index is 9.45. The molecule has 0 saturated carbocycles. The molecule has 0 heterocycles. The van der Waals surface area contributed by atoms with Crippen LogP contribution in [-0.4, -0.2) is 10.5 Å². The summed E-state index contributed by atoms with van der Waals surface area (Å²) >= 11 is 6.27. The summed E-state index contributed by atoms with van der Waals surface area (Å²) < 4.78 is 0. The Balaban J connectivity index is 2.14. The second-order valence-electron chi connectivity index (χ2n) is 5.73. The fourth-order valence-electron chi connectivity index (χ4n) is 2.64. The van der Waals surface area contributed by atoms with Gasteiger partial charge in [0.2, 0.25) is 0 Å². The lowest BCUT2D eigenvalue weighted by Gasteiger charge is -2.32. The molecule has 92 valence electrons. The van der Waals surface area contributed by atoms with Crippen LogP contribution in [0.1, 0.15) is 32.3 Å². The van der Waals surface area contributed by atoms with Crippen molar-refractivity contribution in [2.45, 2.75) is 38.5 Å². The predicted octanol–water partition coefficient (Wildman–Crippen LogP) is 4.29. The number of benzene rings is 1. The molecule has 17 heavy (non-hydrogen) atoms. The molecule has 1 nitrogen and oxygen atoms in total. The molecule has 0 bridgehead atoms. The first-order valence-electron chi connectivity index (χ1n) is 6.06. The number of allylic oxidation sites excluding steroid dienone is 2. The molecule has 0 fully saturated rings. The Kier molecular flexibility index (Phi) is 3.48. The molecule has 1 aromatic carbocycles. The van der Waals surface area contributed by atoms with Gasteiger partial charge in [-0.2, -0.15) is 0 Å². The van der Waals surface area contributed by atoms with Crippen LogP contribution in [0.3, 0.4) is 0 Å². The van der Waals surface area contributed by atoms with E-state index in [0.717, 1.165) is 24.8 Å². The fourth-order valence-corrected chi connectivity index (χ4v) is 3.23. The number of halogens is 1. The molecule has 1 aliphatic rings. The monoisotopic (exact) mass is 250 g/mol. The second kappa shape index (κ2) is 4.73. The van der Waals surface area contributed by atoms with E-state index >= 15 is 0 Å². The predicted molar refractivity (Wildman–Crippen MR) is 72.5 cm³/mol. The minimum absolute atomic E-state index is 0.144. The lowest BCUT2D eigenvalue weighted by molar-refractivity contribution is 0.320. The van der Waals surface area contributed by atoms with Crippen molar-refractivity contribution in [3.05, 3.63) is 41.5 Å². The highest BCUT2D eigenvalue weighted by Crippen LogP contribution is 2.38. The van der Waals surface area contributed by atoms with Gasteiger partial charge in [-0.25, -0.2) is 0 Å². The van der Waals surface area contributed by atoms with Crippen molar-refractivity contribution in [1.29, 1.82) is 0 Å². The molecule has 0 spiro atoms. The number of phenolic OH excluding ortho intramolecular Hbond substituents is 1. The van der Waals surface area contributed by atoms with Gasteiger partial charge in [0.05, 0.1) is 5.38 Å². The van der Waals surface area contributed by atoms with Crippen molar-refractivity contribution in [2.24, 2.45) is 5.41 Å². The number of alkyl halides is 1. The molecule has 2 rings (SSSR count). The molecule has 0 amide bonds. The highest BCUT2D eigenvalue weighted by Gasteiger charge is 2.27. The lowest BCUT2D eigenvalue weighted by atomic mass is 9.76. The largest absolute Gasteiger partial charge is 0.508 e. The van der Waals surface area contributed by atoms with E-state index in [4.69, 9.17) is 11.6 Å². The minimum atomic E-state index is 0.144. The molecule has 0 aromatic heterocycles. The van der Waals surface area contributed by atoms with Gasteiger partial charge < -0.3 is 5.11 Å². The highest BCUT2D eigenvalue weighted by molar-refractivity contribution is 6.21. The Morgan fingerprint density at radius 2 is 2.18 bits per heavy atom. The molecule has 1 aromatic rings. The number of hydrogen-bond donors (Lipinski definition) is 1. The van der Waals surface area contributed by atoms with E-state index in [9.17, 15) is 5.11 Å². The number of phenols is 1. The average Bonchev–Trinajstić information content (AvgIpc) is 2.13. The van der Waals surface area contributed by atoms with Gasteiger partial charge >= 0.3 is 0 Å². The van der Waals surface area contributed by atoms with Crippen molar-refractivity contribution < 1.29 is 5.11 Å². The zero-order valence-electron chi connectivity index (χ0n) is 10.4. The molecule has 0 aliphatic heterocycles. The van der Waals surface area contributed by atoms with Gasteiger partial charge in [0.15, 0.2) is 0 Å². The Bertz CT molecular complexity index is 434. The lowest BCUT2D eigenvalue weighted by Crippen LogP contribution is -2.22. The molecular formula is C15H19ClO. The van der Waals surface area contributed by atoms with Crippen LogP contribution < -0.4 is 0 Å². The van der Waals surface area contributed by atoms with Crippen molar-refractivity contribution in [2.75, 3.05) is 0 Å². The highest BCUT2D eigenvalue weighted by atomic mass is 35.5. The summed E-state index contributed by atoms with van der Waals surface area (Å²) in [6, 6.07) is 7.46. The van der Waals surface area contributed by atoms with Crippen LogP contribution in [0, 0.1) is 5.41 Å². The Morgan fingerprint density at radius 3 is 2.82 bits per heavy atom. The average molecular weight is 251 g/mol. The fraction of sp³-hybridized carbons (Fsp3) is 0.467. The van der Waals surface area contributed by atoms with Crippen molar-refractivity contribution in [3.8, 4) is 5.75 Å².